The highest BCUT2D eigenvalue weighted by atomic mass is 16.5. The monoisotopic (exact) mass is 331 g/mol. The molecule has 8 heteroatoms. The van der Waals surface area contributed by atoms with E-state index in [2.05, 4.69) is 15.2 Å². The first-order chi connectivity index (χ1) is 11.5. The van der Waals surface area contributed by atoms with Crippen molar-refractivity contribution in [3.05, 3.63) is 39.9 Å². The van der Waals surface area contributed by atoms with Gasteiger partial charge < -0.3 is 9.42 Å². The van der Waals surface area contributed by atoms with Crippen LogP contribution in [0.1, 0.15) is 56.1 Å². The van der Waals surface area contributed by atoms with Gasteiger partial charge in [-0.1, -0.05) is 19.0 Å². The van der Waals surface area contributed by atoms with E-state index in [9.17, 15) is 9.59 Å². The predicted molar refractivity (Wildman–Crippen MR) is 85.3 cm³/mol. The van der Waals surface area contributed by atoms with Crippen molar-refractivity contribution in [2.24, 2.45) is 0 Å². The number of hydrogen-bond donors (Lipinski definition) is 0. The molecule has 3 rings (SSSR count). The van der Waals surface area contributed by atoms with Crippen LogP contribution in [0.2, 0.25) is 0 Å². The molecule has 2 aromatic rings. The van der Waals surface area contributed by atoms with E-state index in [1.54, 1.807) is 17.9 Å². The van der Waals surface area contributed by atoms with Crippen LogP contribution in [0.15, 0.2) is 21.5 Å². The first kappa shape index (κ1) is 16.4. The third-order valence-corrected chi connectivity index (χ3v) is 4.11. The molecular weight excluding hydrogens is 310 g/mol. The first-order valence-electron chi connectivity index (χ1n) is 8.13. The van der Waals surface area contributed by atoms with E-state index in [0.29, 0.717) is 24.0 Å². The summed E-state index contributed by atoms with van der Waals surface area (Å²) in [5.74, 6) is 1.09. The third-order valence-electron chi connectivity index (χ3n) is 4.11. The molecule has 0 saturated carbocycles. The van der Waals surface area contributed by atoms with Crippen molar-refractivity contribution in [1.29, 1.82) is 0 Å². The van der Waals surface area contributed by atoms with E-state index < -0.39 is 0 Å². The summed E-state index contributed by atoms with van der Waals surface area (Å²) in [7, 11) is 0. The molecule has 24 heavy (non-hydrogen) atoms. The zero-order valence-corrected chi connectivity index (χ0v) is 14.1. The van der Waals surface area contributed by atoms with Gasteiger partial charge >= 0.3 is 0 Å². The van der Waals surface area contributed by atoms with Gasteiger partial charge in [0.15, 0.2) is 5.82 Å². The molecule has 1 aliphatic heterocycles. The quantitative estimate of drug-likeness (QED) is 0.841. The van der Waals surface area contributed by atoms with E-state index in [0.717, 1.165) is 12.8 Å². The van der Waals surface area contributed by atoms with Crippen LogP contribution in [0.3, 0.4) is 0 Å². The van der Waals surface area contributed by atoms with Crippen LogP contribution in [0, 0.1) is 6.92 Å². The Balaban J connectivity index is 1.78. The molecule has 0 aromatic carbocycles. The van der Waals surface area contributed by atoms with Gasteiger partial charge in [0.25, 0.3) is 5.56 Å². The van der Waals surface area contributed by atoms with Gasteiger partial charge in [0.05, 0.1) is 11.7 Å². The predicted octanol–water partition coefficient (Wildman–Crippen LogP) is 1.42. The fourth-order valence-corrected chi connectivity index (χ4v) is 2.83. The van der Waals surface area contributed by atoms with Crippen molar-refractivity contribution in [2.75, 3.05) is 6.54 Å². The maximum atomic E-state index is 12.6. The zero-order chi connectivity index (χ0) is 17.3. The van der Waals surface area contributed by atoms with Gasteiger partial charge in [-0.3, -0.25) is 9.59 Å². The van der Waals surface area contributed by atoms with Crippen molar-refractivity contribution in [3.8, 4) is 0 Å². The molecule has 1 aliphatic rings. The fraction of sp³-hybridized carbons (Fsp3) is 0.562. The Kier molecular flexibility index (Phi) is 4.46. The Labute approximate surface area is 139 Å². The van der Waals surface area contributed by atoms with Crippen molar-refractivity contribution in [3.63, 3.8) is 0 Å². The highest BCUT2D eigenvalue weighted by Gasteiger charge is 2.33. The maximum absolute atomic E-state index is 12.6. The number of amides is 1. The molecule has 0 spiro atoms. The van der Waals surface area contributed by atoms with Gasteiger partial charge in [0.2, 0.25) is 11.8 Å². The number of rotatable bonds is 4. The Morgan fingerprint density at radius 1 is 1.42 bits per heavy atom. The van der Waals surface area contributed by atoms with Crippen LogP contribution in [0.25, 0.3) is 0 Å². The fourth-order valence-electron chi connectivity index (χ4n) is 2.83. The topological polar surface area (TPSA) is 94.1 Å². The van der Waals surface area contributed by atoms with Gasteiger partial charge in [0, 0.05) is 18.5 Å². The Morgan fingerprint density at radius 3 is 2.92 bits per heavy atom. The average Bonchev–Trinajstić information content (AvgIpc) is 3.18. The number of carbonyl (C=O) groups excluding carboxylic acids is 1. The summed E-state index contributed by atoms with van der Waals surface area (Å²) in [5.41, 5.74) is 0.409. The first-order valence-corrected chi connectivity index (χ1v) is 8.13. The summed E-state index contributed by atoms with van der Waals surface area (Å²) in [6, 6.07) is 2.86. The van der Waals surface area contributed by atoms with Crippen LogP contribution in [-0.2, 0) is 11.3 Å². The number of aromatic nitrogens is 4. The molecule has 1 saturated heterocycles. The number of carbonyl (C=O) groups is 1. The molecule has 0 unspecified atom stereocenters. The standard InChI is InChI=1S/C16H21N5O3/c1-10(2)16-17-15(19-24-16)12-5-4-8-20(12)14(23)9-21-13(22)7-6-11(3)18-21/h6-7,10,12H,4-5,8-9H2,1-3H3/t12-/m1/s1. The van der Waals surface area contributed by atoms with Crippen molar-refractivity contribution in [2.45, 2.75) is 52.1 Å². The Bertz CT molecular complexity index is 795. The largest absolute Gasteiger partial charge is 0.339 e. The lowest BCUT2D eigenvalue weighted by atomic mass is 10.2. The second kappa shape index (κ2) is 6.54. The van der Waals surface area contributed by atoms with Gasteiger partial charge in [-0.15, -0.1) is 0 Å². The average molecular weight is 331 g/mol. The zero-order valence-electron chi connectivity index (χ0n) is 14.1. The second-order valence-electron chi connectivity index (χ2n) is 6.36. The molecule has 1 fully saturated rings. The van der Waals surface area contributed by atoms with E-state index >= 15 is 0 Å². The Hall–Kier alpha value is -2.51. The Morgan fingerprint density at radius 2 is 2.21 bits per heavy atom. The number of hydrogen-bond acceptors (Lipinski definition) is 6. The normalized spacial score (nSPS) is 17.7. The molecule has 0 N–H and O–H groups in total. The summed E-state index contributed by atoms with van der Waals surface area (Å²) in [6.07, 6.45) is 1.66. The van der Waals surface area contributed by atoms with E-state index in [4.69, 9.17) is 4.52 Å². The van der Waals surface area contributed by atoms with Crippen LogP contribution in [0.4, 0.5) is 0 Å². The van der Waals surface area contributed by atoms with Gasteiger partial charge in [0.1, 0.15) is 6.54 Å². The van der Waals surface area contributed by atoms with Crippen LogP contribution in [-0.4, -0.2) is 37.3 Å². The highest BCUT2D eigenvalue weighted by Crippen LogP contribution is 2.31. The molecule has 8 nitrogen and oxygen atoms in total. The second-order valence-corrected chi connectivity index (χ2v) is 6.36. The summed E-state index contributed by atoms with van der Waals surface area (Å²) < 4.78 is 6.45. The van der Waals surface area contributed by atoms with Crippen LogP contribution >= 0.6 is 0 Å². The smallest absolute Gasteiger partial charge is 0.267 e. The molecule has 0 radical (unpaired) electrons. The van der Waals surface area contributed by atoms with Crippen molar-refractivity contribution >= 4 is 5.91 Å². The lowest BCUT2D eigenvalue weighted by Gasteiger charge is -2.22. The van der Waals surface area contributed by atoms with Gasteiger partial charge in [-0.2, -0.15) is 10.1 Å². The molecule has 1 atom stereocenters. The molecule has 0 bridgehead atoms. The summed E-state index contributed by atoms with van der Waals surface area (Å²) >= 11 is 0. The van der Waals surface area contributed by atoms with Gasteiger partial charge in [-0.05, 0) is 25.8 Å². The van der Waals surface area contributed by atoms with E-state index in [1.807, 2.05) is 13.8 Å². The number of aryl methyl sites for hydroxylation is 1. The van der Waals surface area contributed by atoms with E-state index in [-0.39, 0.29) is 30.0 Å². The lowest BCUT2D eigenvalue weighted by Crippen LogP contribution is -2.37. The molecule has 0 aliphatic carbocycles. The molecule has 128 valence electrons. The maximum Gasteiger partial charge on any atom is 0.267 e. The van der Waals surface area contributed by atoms with Crippen LogP contribution in [0.5, 0.6) is 0 Å². The molecule has 3 heterocycles. The van der Waals surface area contributed by atoms with Crippen molar-refractivity contribution < 1.29 is 9.32 Å². The SMILES string of the molecule is Cc1ccc(=O)n(CC(=O)N2CCC[C@@H]2c2noc(C(C)C)n2)n1. The number of nitrogens with zero attached hydrogens (tertiary/aromatic N) is 5. The van der Waals surface area contributed by atoms with Crippen molar-refractivity contribution in [1.82, 2.24) is 24.8 Å². The highest BCUT2D eigenvalue weighted by molar-refractivity contribution is 5.76. The minimum atomic E-state index is -0.286. The minimum absolute atomic E-state index is 0.0775. The third kappa shape index (κ3) is 3.22. The molecule has 1 amide bonds. The summed E-state index contributed by atoms with van der Waals surface area (Å²) in [6.45, 7) is 6.28. The molecule has 2 aromatic heterocycles. The lowest BCUT2D eigenvalue weighted by molar-refractivity contribution is -0.133. The van der Waals surface area contributed by atoms with Crippen LogP contribution < -0.4 is 5.56 Å². The summed E-state index contributed by atoms with van der Waals surface area (Å²) in [5, 5.41) is 8.14. The minimum Gasteiger partial charge on any atom is -0.339 e. The molecular formula is C16H21N5O3. The number of likely N-dealkylation sites (tertiary alicyclic amines) is 1. The van der Waals surface area contributed by atoms with Gasteiger partial charge in [-0.25, -0.2) is 4.68 Å². The summed E-state index contributed by atoms with van der Waals surface area (Å²) in [4.78, 5) is 30.6. The van der Waals surface area contributed by atoms with E-state index in [1.165, 1.54) is 10.7 Å².